The lowest BCUT2D eigenvalue weighted by Crippen LogP contribution is -2.42. The van der Waals surface area contributed by atoms with E-state index in [2.05, 4.69) is 40.5 Å². The lowest BCUT2D eigenvalue weighted by molar-refractivity contribution is -0.116. The topological polar surface area (TPSA) is 35.6 Å². The molecule has 2 heterocycles. The van der Waals surface area contributed by atoms with E-state index in [-0.39, 0.29) is 5.91 Å². The molecule has 1 fully saturated rings. The van der Waals surface area contributed by atoms with E-state index < -0.39 is 0 Å². The van der Waals surface area contributed by atoms with Crippen LogP contribution in [-0.4, -0.2) is 36.0 Å². The monoisotopic (exact) mass is 397 g/mol. The molecular weight excluding hydrogens is 370 g/mol. The smallest absolute Gasteiger partial charge is 0.223 e. The summed E-state index contributed by atoms with van der Waals surface area (Å²) in [6.07, 6.45) is 3.39. The Morgan fingerprint density at radius 1 is 1.07 bits per heavy atom. The Morgan fingerprint density at radius 2 is 1.82 bits per heavy atom. The van der Waals surface area contributed by atoms with Gasteiger partial charge in [-0.2, -0.15) is 0 Å². The van der Waals surface area contributed by atoms with Gasteiger partial charge >= 0.3 is 0 Å². The SMILES string of the molecule is CC(=O)N1CC[C@H]2CC[C@@H](CNCc3ccccc31)N2Cc1ccc(Cl)cc1. The van der Waals surface area contributed by atoms with Crippen LogP contribution in [0.25, 0.3) is 0 Å². The molecule has 0 spiro atoms. The molecule has 0 radical (unpaired) electrons. The van der Waals surface area contributed by atoms with Crippen molar-refractivity contribution in [1.29, 1.82) is 0 Å². The van der Waals surface area contributed by atoms with Crippen molar-refractivity contribution in [2.24, 2.45) is 0 Å². The van der Waals surface area contributed by atoms with Crippen LogP contribution >= 0.6 is 11.6 Å². The second-order valence-electron chi connectivity index (χ2n) is 7.90. The molecule has 1 N–H and O–H groups in total. The molecule has 2 aromatic rings. The second-order valence-corrected chi connectivity index (χ2v) is 8.34. The van der Waals surface area contributed by atoms with Crippen LogP contribution < -0.4 is 10.2 Å². The minimum atomic E-state index is 0.116. The molecule has 5 heteroatoms. The number of nitrogens with zero attached hydrogens (tertiary/aromatic N) is 2. The van der Waals surface area contributed by atoms with Gasteiger partial charge in [0.05, 0.1) is 0 Å². The summed E-state index contributed by atoms with van der Waals surface area (Å²) in [7, 11) is 0. The Hall–Kier alpha value is -1.88. The average Bonchev–Trinajstić information content (AvgIpc) is 3.04. The number of carbonyl (C=O) groups is 1. The van der Waals surface area contributed by atoms with Crippen LogP contribution in [-0.2, 0) is 17.9 Å². The predicted octanol–water partition coefficient (Wildman–Crippen LogP) is 4.22. The van der Waals surface area contributed by atoms with Crippen molar-refractivity contribution in [2.45, 2.75) is 51.4 Å². The quantitative estimate of drug-likeness (QED) is 0.824. The van der Waals surface area contributed by atoms with Crippen molar-refractivity contribution in [3.63, 3.8) is 0 Å². The standard InChI is InChI=1S/C23H28ClN3O/c1-17(28)26-13-12-21-10-11-22(15-25-14-19-4-2-3-5-23(19)26)27(21)16-18-6-8-20(24)9-7-18/h2-9,21-22,25H,10-16H2,1H3/t21-,22+/m1/s1. The lowest BCUT2D eigenvalue weighted by Gasteiger charge is -2.31. The first kappa shape index (κ1) is 19.4. The van der Waals surface area contributed by atoms with Gasteiger partial charge in [-0.15, -0.1) is 0 Å². The molecule has 0 unspecified atom stereocenters. The molecule has 1 saturated heterocycles. The zero-order valence-corrected chi connectivity index (χ0v) is 17.2. The normalized spacial score (nSPS) is 23.1. The number of rotatable bonds is 2. The molecule has 4 nitrogen and oxygen atoms in total. The number of anilines is 1. The molecule has 2 aromatic carbocycles. The van der Waals surface area contributed by atoms with Crippen molar-refractivity contribution in [2.75, 3.05) is 18.0 Å². The largest absolute Gasteiger partial charge is 0.312 e. The maximum absolute atomic E-state index is 12.4. The molecule has 0 aromatic heterocycles. The zero-order chi connectivity index (χ0) is 19.5. The fourth-order valence-corrected chi connectivity index (χ4v) is 4.75. The second kappa shape index (κ2) is 8.64. The Kier molecular flexibility index (Phi) is 6.00. The van der Waals surface area contributed by atoms with Crippen LogP contribution in [0.2, 0.25) is 5.02 Å². The molecule has 1 amide bonds. The third-order valence-corrected chi connectivity index (χ3v) is 6.35. The van der Waals surface area contributed by atoms with Crippen molar-refractivity contribution >= 4 is 23.2 Å². The van der Waals surface area contributed by atoms with Crippen LogP contribution in [0, 0.1) is 0 Å². The van der Waals surface area contributed by atoms with Crippen LogP contribution in [0.1, 0.15) is 37.3 Å². The summed E-state index contributed by atoms with van der Waals surface area (Å²) in [6, 6.07) is 17.5. The predicted molar refractivity (Wildman–Crippen MR) is 115 cm³/mol. The summed E-state index contributed by atoms with van der Waals surface area (Å²) in [5, 5.41) is 4.43. The number of fused-ring (bicyclic) bond motifs is 3. The van der Waals surface area contributed by atoms with Gasteiger partial charge in [-0.05, 0) is 48.6 Å². The van der Waals surface area contributed by atoms with E-state index in [1.54, 1.807) is 6.92 Å². The van der Waals surface area contributed by atoms with Gasteiger partial charge in [0.1, 0.15) is 0 Å². The van der Waals surface area contributed by atoms with E-state index in [4.69, 9.17) is 11.6 Å². The highest BCUT2D eigenvalue weighted by Crippen LogP contribution is 2.31. The van der Waals surface area contributed by atoms with E-state index in [9.17, 15) is 4.79 Å². The molecule has 28 heavy (non-hydrogen) atoms. The zero-order valence-electron chi connectivity index (χ0n) is 16.4. The maximum Gasteiger partial charge on any atom is 0.223 e. The van der Waals surface area contributed by atoms with Crippen LogP contribution in [0.5, 0.6) is 0 Å². The van der Waals surface area contributed by atoms with E-state index in [0.717, 1.165) is 43.3 Å². The number of nitrogens with one attached hydrogen (secondary N) is 1. The molecule has 2 atom stereocenters. The fourth-order valence-electron chi connectivity index (χ4n) is 4.63. The summed E-state index contributed by atoms with van der Waals surface area (Å²) in [5.41, 5.74) is 3.53. The van der Waals surface area contributed by atoms with Crippen LogP contribution in [0.3, 0.4) is 0 Å². The number of benzene rings is 2. The lowest BCUT2D eigenvalue weighted by atomic mass is 10.1. The molecule has 2 aliphatic heterocycles. The van der Waals surface area contributed by atoms with Crippen molar-refractivity contribution in [1.82, 2.24) is 10.2 Å². The number of halogens is 1. The third-order valence-electron chi connectivity index (χ3n) is 6.09. The number of amides is 1. The van der Waals surface area contributed by atoms with E-state index >= 15 is 0 Å². The molecule has 2 bridgehead atoms. The summed E-state index contributed by atoms with van der Waals surface area (Å²) in [6.45, 7) is 5.13. The number of carbonyl (C=O) groups excluding carboxylic acids is 1. The van der Waals surface area contributed by atoms with Crippen LogP contribution in [0.4, 0.5) is 5.69 Å². The van der Waals surface area contributed by atoms with Gasteiger partial charge in [-0.25, -0.2) is 0 Å². The number of hydrogen-bond acceptors (Lipinski definition) is 3. The molecular formula is C23H28ClN3O. The first-order valence-corrected chi connectivity index (χ1v) is 10.6. The summed E-state index contributed by atoms with van der Waals surface area (Å²) >= 11 is 6.06. The van der Waals surface area contributed by atoms with Gasteiger partial charge in [0.25, 0.3) is 0 Å². The Labute approximate surface area is 172 Å². The van der Waals surface area contributed by atoms with Gasteiger partial charge in [0.2, 0.25) is 5.91 Å². The highest BCUT2D eigenvalue weighted by molar-refractivity contribution is 6.30. The highest BCUT2D eigenvalue weighted by Gasteiger charge is 2.34. The first-order valence-electron chi connectivity index (χ1n) is 10.2. The molecule has 0 aliphatic carbocycles. The molecule has 148 valence electrons. The average molecular weight is 398 g/mol. The van der Waals surface area contributed by atoms with Gasteiger partial charge < -0.3 is 10.2 Å². The Morgan fingerprint density at radius 3 is 2.61 bits per heavy atom. The van der Waals surface area contributed by atoms with E-state index in [1.165, 1.54) is 24.0 Å². The van der Waals surface area contributed by atoms with Crippen LogP contribution in [0.15, 0.2) is 48.5 Å². The van der Waals surface area contributed by atoms with Crippen molar-refractivity contribution in [3.05, 3.63) is 64.7 Å². The minimum Gasteiger partial charge on any atom is -0.312 e. The van der Waals surface area contributed by atoms with Gasteiger partial charge in [-0.1, -0.05) is 41.9 Å². The highest BCUT2D eigenvalue weighted by atomic mass is 35.5. The Balaban J connectivity index is 1.58. The maximum atomic E-state index is 12.4. The fraction of sp³-hybridized carbons (Fsp3) is 0.435. The van der Waals surface area contributed by atoms with E-state index in [1.807, 2.05) is 23.1 Å². The Bertz CT molecular complexity index is 823. The van der Waals surface area contributed by atoms with Crippen molar-refractivity contribution in [3.8, 4) is 0 Å². The molecule has 4 rings (SSSR count). The third kappa shape index (κ3) is 4.24. The molecule has 0 saturated carbocycles. The van der Waals surface area contributed by atoms with Crippen molar-refractivity contribution < 1.29 is 4.79 Å². The first-order chi connectivity index (χ1) is 13.6. The number of para-hydroxylation sites is 1. The van der Waals surface area contributed by atoms with Gasteiger partial charge in [0, 0.05) is 55.9 Å². The van der Waals surface area contributed by atoms with Gasteiger partial charge in [0.15, 0.2) is 0 Å². The number of hydrogen-bond donors (Lipinski definition) is 1. The summed E-state index contributed by atoms with van der Waals surface area (Å²) in [5.74, 6) is 0.116. The summed E-state index contributed by atoms with van der Waals surface area (Å²) < 4.78 is 0. The van der Waals surface area contributed by atoms with Gasteiger partial charge in [-0.3, -0.25) is 9.69 Å². The summed E-state index contributed by atoms with van der Waals surface area (Å²) in [4.78, 5) is 17.0. The molecule has 2 aliphatic rings. The van der Waals surface area contributed by atoms with E-state index in [0.29, 0.717) is 12.1 Å². The minimum absolute atomic E-state index is 0.116.